The van der Waals surface area contributed by atoms with Crippen LogP contribution >= 0.6 is 23.2 Å². The van der Waals surface area contributed by atoms with E-state index in [0.717, 1.165) is 29.7 Å². The van der Waals surface area contributed by atoms with Crippen LogP contribution in [-0.4, -0.2) is 32.5 Å². The summed E-state index contributed by atoms with van der Waals surface area (Å²) in [5, 5.41) is 5.16. The average molecular weight is 405 g/mol. The average Bonchev–Trinajstić information content (AvgIpc) is 3.23. The number of carbonyl (C=O) groups excluding carboxylic acids is 1. The molecule has 1 aliphatic rings. The van der Waals surface area contributed by atoms with E-state index in [0.29, 0.717) is 21.7 Å². The molecule has 0 bridgehead atoms. The van der Waals surface area contributed by atoms with Crippen molar-refractivity contribution < 1.29 is 9.53 Å². The third-order valence-corrected chi connectivity index (χ3v) is 5.40. The van der Waals surface area contributed by atoms with Gasteiger partial charge < -0.3 is 4.74 Å². The van der Waals surface area contributed by atoms with E-state index in [1.165, 1.54) is 7.11 Å². The zero-order valence-electron chi connectivity index (χ0n) is 15.0. The number of Topliss-reactive ketones (excluding diaryl/α,β-unsaturated/α-hetero) is 1. The van der Waals surface area contributed by atoms with Gasteiger partial charge in [0.25, 0.3) is 0 Å². The molecule has 0 aromatic carbocycles. The minimum atomic E-state index is 0.0110. The van der Waals surface area contributed by atoms with Gasteiger partial charge in [-0.15, -0.1) is 0 Å². The van der Waals surface area contributed by atoms with Gasteiger partial charge in [0.2, 0.25) is 5.88 Å². The Balaban J connectivity index is 1.61. The molecule has 0 N–H and O–H groups in total. The van der Waals surface area contributed by atoms with Crippen molar-refractivity contribution in [1.29, 1.82) is 0 Å². The lowest BCUT2D eigenvalue weighted by atomic mass is 9.96. The van der Waals surface area contributed by atoms with Crippen molar-refractivity contribution >= 4 is 34.6 Å². The lowest BCUT2D eigenvalue weighted by Crippen LogP contribution is -2.17. The number of pyridine rings is 1. The minimum absolute atomic E-state index is 0.0110. The van der Waals surface area contributed by atoms with Gasteiger partial charge in [-0.05, 0) is 24.5 Å². The molecule has 1 aliphatic carbocycles. The monoisotopic (exact) mass is 404 g/mol. The second-order valence-corrected chi connectivity index (χ2v) is 7.95. The van der Waals surface area contributed by atoms with Crippen LogP contribution in [0.4, 0.5) is 0 Å². The Kier molecular flexibility index (Phi) is 4.56. The highest BCUT2D eigenvalue weighted by atomic mass is 35.5. The fourth-order valence-electron chi connectivity index (χ4n) is 3.35. The van der Waals surface area contributed by atoms with E-state index in [-0.39, 0.29) is 24.0 Å². The van der Waals surface area contributed by atoms with Crippen molar-refractivity contribution in [3.8, 4) is 5.88 Å². The van der Waals surface area contributed by atoms with E-state index in [9.17, 15) is 4.79 Å². The first-order valence-electron chi connectivity index (χ1n) is 8.63. The largest absolute Gasteiger partial charge is 0.480 e. The van der Waals surface area contributed by atoms with Crippen LogP contribution < -0.4 is 4.74 Å². The summed E-state index contributed by atoms with van der Waals surface area (Å²) in [5.74, 6) is 0.407. The molecule has 1 saturated carbocycles. The highest BCUT2D eigenvalue weighted by molar-refractivity contribution is 6.31. The van der Waals surface area contributed by atoms with Gasteiger partial charge in [-0.3, -0.25) is 4.79 Å². The number of ether oxygens (including phenoxy) is 1. The molecule has 0 unspecified atom stereocenters. The minimum Gasteiger partial charge on any atom is -0.480 e. The summed E-state index contributed by atoms with van der Waals surface area (Å²) in [5.41, 5.74) is 3.38. The molecule has 0 amide bonds. The van der Waals surface area contributed by atoms with Gasteiger partial charge >= 0.3 is 0 Å². The van der Waals surface area contributed by atoms with E-state index in [2.05, 4.69) is 22.0 Å². The first kappa shape index (κ1) is 18.2. The first-order valence-corrected chi connectivity index (χ1v) is 9.39. The van der Waals surface area contributed by atoms with Crippen LogP contribution in [0.15, 0.2) is 24.5 Å². The summed E-state index contributed by atoms with van der Waals surface area (Å²) in [6.07, 6.45) is 6.01. The highest BCUT2D eigenvalue weighted by Gasteiger charge is 2.43. The third kappa shape index (κ3) is 3.51. The standard InChI is InChI=1S/C19H18Cl2N4O2/c1-19(3-4-19)17-12(10-22-16-8-15(21)24-25(16)17)7-13(26)5-11-6-14(20)18(27-2)23-9-11/h6,8-10H,3-5,7H2,1-2H3. The summed E-state index contributed by atoms with van der Waals surface area (Å²) in [6, 6.07) is 3.44. The van der Waals surface area contributed by atoms with Gasteiger partial charge in [0, 0.05) is 42.3 Å². The fourth-order valence-corrected chi connectivity index (χ4v) is 3.79. The summed E-state index contributed by atoms with van der Waals surface area (Å²) in [7, 11) is 1.50. The van der Waals surface area contributed by atoms with E-state index in [1.807, 2.05) is 0 Å². The number of methoxy groups -OCH3 is 1. The van der Waals surface area contributed by atoms with E-state index >= 15 is 0 Å². The second kappa shape index (κ2) is 6.77. The van der Waals surface area contributed by atoms with Crippen molar-refractivity contribution in [2.75, 3.05) is 7.11 Å². The van der Waals surface area contributed by atoms with Gasteiger partial charge in [0.05, 0.1) is 12.8 Å². The molecule has 0 spiro atoms. The fraction of sp³-hybridized carbons (Fsp3) is 0.368. The summed E-state index contributed by atoms with van der Waals surface area (Å²) < 4.78 is 6.83. The van der Waals surface area contributed by atoms with E-state index < -0.39 is 0 Å². The maximum Gasteiger partial charge on any atom is 0.232 e. The Hall–Kier alpha value is -2.18. The number of carbonyl (C=O) groups is 1. The Labute approximate surface area is 166 Å². The van der Waals surface area contributed by atoms with Gasteiger partial charge in [-0.25, -0.2) is 14.5 Å². The van der Waals surface area contributed by atoms with Gasteiger partial charge in [0.1, 0.15) is 10.8 Å². The smallest absolute Gasteiger partial charge is 0.232 e. The van der Waals surface area contributed by atoms with Crippen LogP contribution in [0.3, 0.4) is 0 Å². The topological polar surface area (TPSA) is 69.4 Å². The number of nitrogens with zero attached hydrogens (tertiary/aromatic N) is 4. The van der Waals surface area contributed by atoms with Crippen molar-refractivity contribution in [2.24, 2.45) is 0 Å². The van der Waals surface area contributed by atoms with Crippen LogP contribution in [0.25, 0.3) is 5.65 Å². The predicted molar refractivity (Wildman–Crippen MR) is 103 cm³/mol. The molecule has 8 heteroatoms. The van der Waals surface area contributed by atoms with E-state index in [4.69, 9.17) is 27.9 Å². The van der Waals surface area contributed by atoms with E-state index in [1.54, 1.807) is 29.0 Å². The van der Waals surface area contributed by atoms with Crippen molar-refractivity contribution in [3.05, 3.63) is 51.5 Å². The first-order chi connectivity index (χ1) is 12.9. The summed E-state index contributed by atoms with van der Waals surface area (Å²) >= 11 is 12.2. The normalized spacial score (nSPS) is 15.1. The SMILES string of the molecule is COc1ncc(CC(=O)Cc2cnc3cc(Cl)nn3c2C2(C)CC2)cc1Cl. The number of rotatable bonds is 6. The highest BCUT2D eigenvalue weighted by Crippen LogP contribution is 2.48. The predicted octanol–water partition coefficient (Wildman–Crippen LogP) is 3.85. The zero-order valence-corrected chi connectivity index (χ0v) is 16.5. The summed E-state index contributed by atoms with van der Waals surface area (Å²) in [4.78, 5) is 21.2. The number of aromatic nitrogens is 4. The van der Waals surface area contributed by atoms with Crippen LogP contribution in [0.5, 0.6) is 5.88 Å². The number of fused-ring (bicyclic) bond motifs is 1. The maximum atomic E-state index is 12.7. The Bertz CT molecular complexity index is 1040. The maximum absolute atomic E-state index is 12.7. The molecule has 27 heavy (non-hydrogen) atoms. The molecule has 3 heterocycles. The molecule has 6 nitrogen and oxygen atoms in total. The second-order valence-electron chi connectivity index (χ2n) is 7.16. The molecular formula is C19H18Cl2N4O2. The van der Waals surface area contributed by atoms with Gasteiger partial charge in [-0.2, -0.15) is 5.10 Å². The van der Waals surface area contributed by atoms with Crippen LogP contribution in [0.2, 0.25) is 10.2 Å². The number of hydrogen-bond acceptors (Lipinski definition) is 5. The van der Waals surface area contributed by atoms with Crippen molar-refractivity contribution in [2.45, 2.75) is 38.0 Å². The number of halogens is 2. The molecule has 1 fully saturated rings. The Morgan fingerprint density at radius 2 is 2.00 bits per heavy atom. The molecular weight excluding hydrogens is 387 g/mol. The van der Waals surface area contributed by atoms with Crippen molar-refractivity contribution in [1.82, 2.24) is 19.6 Å². The molecule has 3 aromatic rings. The lowest BCUT2D eigenvalue weighted by Gasteiger charge is -2.16. The van der Waals surface area contributed by atoms with Crippen LogP contribution in [0, 0.1) is 0 Å². The van der Waals surface area contributed by atoms with Crippen LogP contribution in [-0.2, 0) is 23.1 Å². The Morgan fingerprint density at radius 1 is 1.22 bits per heavy atom. The third-order valence-electron chi connectivity index (χ3n) is 4.95. The van der Waals surface area contributed by atoms with Crippen molar-refractivity contribution in [3.63, 3.8) is 0 Å². The van der Waals surface area contributed by atoms with Gasteiger partial charge in [-0.1, -0.05) is 30.1 Å². The number of ketones is 1. The lowest BCUT2D eigenvalue weighted by molar-refractivity contribution is -0.117. The molecule has 0 atom stereocenters. The molecule has 0 radical (unpaired) electrons. The molecule has 4 rings (SSSR count). The molecule has 3 aromatic heterocycles. The molecule has 0 saturated heterocycles. The van der Waals surface area contributed by atoms with Crippen LogP contribution in [0.1, 0.15) is 36.6 Å². The zero-order chi connectivity index (χ0) is 19.2. The quantitative estimate of drug-likeness (QED) is 0.623. The summed E-state index contributed by atoms with van der Waals surface area (Å²) in [6.45, 7) is 2.18. The Morgan fingerprint density at radius 3 is 2.67 bits per heavy atom. The molecule has 0 aliphatic heterocycles. The molecule has 140 valence electrons. The van der Waals surface area contributed by atoms with Gasteiger partial charge in [0.15, 0.2) is 10.8 Å². The number of hydrogen-bond donors (Lipinski definition) is 0.